The van der Waals surface area contributed by atoms with Crippen molar-refractivity contribution in [3.05, 3.63) is 248 Å². The Labute approximate surface area is 432 Å². The molecule has 1 aliphatic heterocycles. The molecule has 5 nitrogen and oxygen atoms in total. The predicted molar refractivity (Wildman–Crippen MR) is 285 cm³/mol. The van der Waals surface area contributed by atoms with Crippen molar-refractivity contribution in [1.29, 1.82) is 0 Å². The fourth-order valence-electron chi connectivity index (χ4n) is 9.87. The maximum Gasteiger partial charge on any atom is 0.135 e. The van der Waals surface area contributed by atoms with Crippen molar-refractivity contribution < 1.29 is 34.6 Å². The van der Waals surface area contributed by atoms with E-state index in [1.165, 1.54) is 17.7 Å². The van der Waals surface area contributed by atoms with Crippen LogP contribution in [0.25, 0.3) is 72.1 Å². The van der Waals surface area contributed by atoms with Crippen molar-refractivity contribution in [3.8, 4) is 61.8 Å². The molecular weight excluding hydrogens is 1070 g/mol. The van der Waals surface area contributed by atoms with Gasteiger partial charge in [0.15, 0.2) is 0 Å². The van der Waals surface area contributed by atoms with Gasteiger partial charge in [0, 0.05) is 73.0 Å². The molecule has 0 fully saturated rings. The average molecular weight is 1120 g/mol. The van der Waals surface area contributed by atoms with Crippen LogP contribution in [-0.2, 0) is 26.5 Å². The predicted octanol–water partition coefficient (Wildman–Crippen LogP) is 17.2. The molecule has 0 N–H and O–H groups in total. The largest absolute Gasteiger partial charge is 0.509 e. The number of para-hydroxylation sites is 4. The van der Waals surface area contributed by atoms with Gasteiger partial charge in [0.1, 0.15) is 17.5 Å². The van der Waals surface area contributed by atoms with Gasteiger partial charge in [0.25, 0.3) is 0 Å². The van der Waals surface area contributed by atoms with Crippen LogP contribution in [-0.4, -0.2) is 9.55 Å². The molecule has 11 aromatic rings. The molecule has 0 unspecified atom stereocenters. The second kappa shape index (κ2) is 18.9. The van der Waals surface area contributed by atoms with Gasteiger partial charge in [-0.3, -0.25) is 0 Å². The van der Waals surface area contributed by atoms with Gasteiger partial charge in [-0.25, -0.2) is 13.8 Å². The standard InChI is InChI=1S/C64H45F2N4O.Pt/c1-64(2,3)46-31-32-67-62(37-46)70-58-26-13-11-22-55(58)56-30-29-50(40-61(56)70)71-51-36-45(63-53(42-17-6-4-7-18-42)23-16-24-54(63)43-19-8-5-9-20-43)35-49(39-51)68-41-69(60-28-15-14-27-59(60)68)57-25-12-10-21-52(57)44-33-47(65)38-48(66)34-44;/h4-38,41H,1-3H3;/q-3;. The van der Waals surface area contributed by atoms with Crippen LogP contribution < -0.4 is 14.5 Å². The van der Waals surface area contributed by atoms with E-state index in [2.05, 4.69) is 175 Å². The minimum absolute atomic E-state index is 0. The second-order valence-electron chi connectivity index (χ2n) is 18.8. The summed E-state index contributed by atoms with van der Waals surface area (Å²) < 4.78 is 38.8. The molecule has 9 aromatic carbocycles. The summed E-state index contributed by atoms with van der Waals surface area (Å²) in [5.41, 5.74) is 13.5. The zero-order valence-corrected chi connectivity index (χ0v) is 41.8. The molecule has 1 aliphatic rings. The van der Waals surface area contributed by atoms with Crippen LogP contribution in [0.2, 0.25) is 0 Å². The van der Waals surface area contributed by atoms with E-state index in [0.29, 0.717) is 28.3 Å². The summed E-state index contributed by atoms with van der Waals surface area (Å²) in [6.07, 6.45) is 1.88. The minimum atomic E-state index is -0.643. The van der Waals surface area contributed by atoms with Crippen molar-refractivity contribution in [2.45, 2.75) is 26.2 Å². The van der Waals surface area contributed by atoms with Crippen molar-refractivity contribution in [2.24, 2.45) is 0 Å². The molecule has 0 spiro atoms. The van der Waals surface area contributed by atoms with E-state index < -0.39 is 11.6 Å². The quantitative estimate of drug-likeness (QED) is 0.135. The molecule has 0 radical (unpaired) electrons. The molecule has 354 valence electrons. The van der Waals surface area contributed by atoms with E-state index in [1.54, 1.807) is 0 Å². The molecule has 8 heteroatoms. The first kappa shape index (κ1) is 46.3. The van der Waals surface area contributed by atoms with Crippen LogP contribution in [0, 0.1) is 30.4 Å². The third-order valence-electron chi connectivity index (χ3n) is 13.2. The summed E-state index contributed by atoms with van der Waals surface area (Å²) in [7, 11) is 0. The van der Waals surface area contributed by atoms with Crippen LogP contribution in [0.1, 0.15) is 26.3 Å². The number of benzene rings is 9. The number of hydrogen-bond donors (Lipinski definition) is 0. The van der Waals surface area contributed by atoms with Crippen LogP contribution in [0.4, 0.5) is 31.5 Å². The first-order valence-corrected chi connectivity index (χ1v) is 23.6. The Bertz CT molecular complexity index is 3730. The van der Waals surface area contributed by atoms with Crippen molar-refractivity contribution in [3.63, 3.8) is 0 Å². The Kier molecular flexibility index (Phi) is 12.1. The second-order valence-corrected chi connectivity index (χ2v) is 18.8. The topological polar surface area (TPSA) is 33.5 Å². The zero-order chi connectivity index (χ0) is 48.2. The van der Waals surface area contributed by atoms with Crippen LogP contribution in [0.3, 0.4) is 0 Å². The van der Waals surface area contributed by atoms with E-state index in [1.807, 2.05) is 73.5 Å². The van der Waals surface area contributed by atoms with Gasteiger partial charge < -0.3 is 19.1 Å². The number of aromatic nitrogens is 2. The summed E-state index contributed by atoms with van der Waals surface area (Å²) in [6.45, 7) is 8.63. The van der Waals surface area contributed by atoms with Gasteiger partial charge in [-0.2, -0.15) is 6.07 Å². The maximum absolute atomic E-state index is 14.8. The Morgan fingerprint density at radius 3 is 1.81 bits per heavy atom. The third kappa shape index (κ3) is 8.54. The summed E-state index contributed by atoms with van der Waals surface area (Å²) in [5, 5.41) is 2.12. The number of fused-ring (bicyclic) bond motifs is 4. The molecule has 0 bridgehead atoms. The summed E-state index contributed by atoms with van der Waals surface area (Å²) in [4.78, 5) is 9.06. The van der Waals surface area contributed by atoms with Gasteiger partial charge in [0.2, 0.25) is 0 Å². The normalized spacial score (nSPS) is 12.3. The first-order chi connectivity index (χ1) is 34.6. The fraction of sp³-hybridized carbons (Fsp3) is 0.0625. The van der Waals surface area contributed by atoms with Gasteiger partial charge in [-0.15, -0.1) is 53.6 Å². The Morgan fingerprint density at radius 1 is 0.500 bits per heavy atom. The molecule has 2 aromatic heterocycles. The molecule has 0 saturated heterocycles. The van der Waals surface area contributed by atoms with E-state index in [-0.39, 0.29) is 26.5 Å². The van der Waals surface area contributed by atoms with E-state index in [9.17, 15) is 8.78 Å². The van der Waals surface area contributed by atoms with Gasteiger partial charge >= 0.3 is 0 Å². The van der Waals surface area contributed by atoms with Crippen LogP contribution in [0.5, 0.6) is 11.5 Å². The molecule has 12 rings (SSSR count). The summed E-state index contributed by atoms with van der Waals surface area (Å²) in [5.74, 6) is 0.504. The Morgan fingerprint density at radius 2 is 1.11 bits per heavy atom. The molecule has 0 aliphatic carbocycles. The zero-order valence-electron chi connectivity index (χ0n) is 39.6. The fourth-order valence-corrected chi connectivity index (χ4v) is 9.87. The number of rotatable bonds is 9. The molecular formula is C64H45F2N4OPt-3. The monoisotopic (exact) mass is 1120 g/mol. The van der Waals surface area contributed by atoms with Gasteiger partial charge in [0.05, 0.1) is 0 Å². The Balaban J connectivity index is 0.00000560. The molecule has 0 atom stereocenters. The summed E-state index contributed by atoms with van der Waals surface area (Å²) >= 11 is 0. The third-order valence-corrected chi connectivity index (χ3v) is 13.2. The average Bonchev–Trinajstić information content (AvgIpc) is 3.94. The molecule has 0 amide bonds. The summed E-state index contributed by atoms with van der Waals surface area (Å²) in [6, 6.07) is 75.0. The number of nitrogens with zero attached hydrogens (tertiary/aromatic N) is 4. The van der Waals surface area contributed by atoms with E-state index in [4.69, 9.17) is 9.72 Å². The molecule has 0 saturated carbocycles. The number of pyridine rings is 1. The van der Waals surface area contributed by atoms with Crippen molar-refractivity contribution >= 4 is 44.6 Å². The minimum Gasteiger partial charge on any atom is -0.509 e. The number of halogens is 2. The van der Waals surface area contributed by atoms with E-state index in [0.717, 1.165) is 84.1 Å². The van der Waals surface area contributed by atoms with Crippen LogP contribution in [0.15, 0.2) is 212 Å². The van der Waals surface area contributed by atoms with Crippen molar-refractivity contribution in [1.82, 2.24) is 9.55 Å². The first-order valence-electron chi connectivity index (χ1n) is 23.6. The number of hydrogen-bond acceptors (Lipinski definition) is 4. The van der Waals surface area contributed by atoms with Crippen molar-refractivity contribution in [2.75, 3.05) is 9.80 Å². The van der Waals surface area contributed by atoms with Gasteiger partial charge in [-0.1, -0.05) is 154 Å². The molecule has 3 heterocycles. The maximum atomic E-state index is 14.8. The van der Waals surface area contributed by atoms with Gasteiger partial charge in [-0.05, 0) is 98.3 Å². The number of ether oxygens (including phenoxy) is 1. The number of anilines is 4. The van der Waals surface area contributed by atoms with Crippen LogP contribution >= 0.6 is 0 Å². The van der Waals surface area contributed by atoms with E-state index >= 15 is 0 Å². The smallest absolute Gasteiger partial charge is 0.135 e. The molecule has 72 heavy (non-hydrogen) atoms. The Hall–Kier alpha value is -8.12. The SMILES string of the molecule is CC(C)(C)c1ccnc(-n2c3[c-]c(Oc4[c-]c(N5[CH-]N(c6ccccc6-c6cc(F)cc(F)c6)c6ccccc65)cc(-c5c(-c6ccccc6)cccc5-c5ccccc5)c4)ccc3c3ccccc32)c1.[Pt].